The second-order valence-corrected chi connectivity index (χ2v) is 7.23. The zero-order chi connectivity index (χ0) is 18.7. The monoisotopic (exact) mass is 417 g/mol. The summed E-state index contributed by atoms with van der Waals surface area (Å²) in [6.45, 7) is 1.63. The molecule has 0 unspecified atom stereocenters. The fraction of sp³-hybridized carbons (Fsp3) is 0.667. The molecule has 0 amide bonds. The molecule has 5 nitrogen and oxygen atoms in total. The van der Waals surface area contributed by atoms with Crippen molar-refractivity contribution in [1.29, 1.82) is 0 Å². The molecular formula is C18H31BBrO5-. The number of ether oxygens (including phenoxy) is 2. The molecule has 0 radical (unpaired) electrons. The van der Waals surface area contributed by atoms with Crippen molar-refractivity contribution in [1.82, 2.24) is 0 Å². The highest BCUT2D eigenvalue weighted by Crippen LogP contribution is 2.29. The number of unbranched alkanes of at least 4 members (excludes halogenated alkanes) is 6. The normalized spacial score (nSPS) is 11.6. The van der Waals surface area contributed by atoms with Gasteiger partial charge in [-0.2, -0.15) is 0 Å². The number of hydrogen-bond donors (Lipinski definition) is 3. The SMILES string of the molecule is CCCCCCOc1cc([B-](O)(O)O)c(OCCCCCC)cc1Br. The van der Waals surface area contributed by atoms with Gasteiger partial charge in [-0.25, -0.2) is 0 Å². The zero-order valence-electron chi connectivity index (χ0n) is 15.3. The van der Waals surface area contributed by atoms with Gasteiger partial charge in [0.1, 0.15) is 5.75 Å². The lowest BCUT2D eigenvalue weighted by Crippen LogP contribution is -2.49. The summed E-state index contributed by atoms with van der Waals surface area (Å²) in [7, 11) is 0. The summed E-state index contributed by atoms with van der Waals surface area (Å²) in [5.41, 5.74) is -0.0535. The van der Waals surface area contributed by atoms with Crippen molar-refractivity contribution in [2.45, 2.75) is 65.2 Å². The van der Waals surface area contributed by atoms with Crippen LogP contribution in [-0.2, 0) is 0 Å². The van der Waals surface area contributed by atoms with E-state index in [1.165, 1.54) is 6.07 Å². The van der Waals surface area contributed by atoms with E-state index in [1.54, 1.807) is 6.07 Å². The molecule has 0 atom stereocenters. The molecule has 3 N–H and O–H groups in total. The Hall–Kier alpha value is -0.755. The Kier molecular flexibility index (Phi) is 10.5. The third-order valence-corrected chi connectivity index (χ3v) is 4.61. The van der Waals surface area contributed by atoms with Crippen molar-refractivity contribution in [3.63, 3.8) is 0 Å². The molecule has 1 aromatic carbocycles. The van der Waals surface area contributed by atoms with Crippen molar-refractivity contribution in [3.05, 3.63) is 16.6 Å². The maximum absolute atomic E-state index is 9.69. The predicted octanol–water partition coefficient (Wildman–Crippen LogP) is 3.49. The lowest BCUT2D eigenvalue weighted by Gasteiger charge is -2.26. The van der Waals surface area contributed by atoms with Crippen LogP contribution in [0.15, 0.2) is 16.6 Å². The Labute approximate surface area is 159 Å². The van der Waals surface area contributed by atoms with E-state index in [0.717, 1.165) is 51.4 Å². The van der Waals surface area contributed by atoms with Crippen LogP contribution in [0.2, 0.25) is 0 Å². The predicted molar refractivity (Wildman–Crippen MR) is 105 cm³/mol. The topological polar surface area (TPSA) is 79.2 Å². The van der Waals surface area contributed by atoms with Gasteiger partial charge in [-0.1, -0.05) is 57.8 Å². The lowest BCUT2D eigenvalue weighted by molar-refractivity contribution is 0.244. The van der Waals surface area contributed by atoms with Gasteiger partial charge in [-0.05, 0) is 40.9 Å². The smallest absolute Gasteiger partial charge is 0.406 e. The molecule has 0 saturated heterocycles. The molecule has 0 fully saturated rings. The maximum Gasteiger partial charge on any atom is 0.406 e. The fourth-order valence-corrected chi connectivity index (χ4v) is 2.95. The molecule has 0 heterocycles. The molecule has 25 heavy (non-hydrogen) atoms. The van der Waals surface area contributed by atoms with Gasteiger partial charge in [0.15, 0.2) is 0 Å². The van der Waals surface area contributed by atoms with E-state index in [4.69, 9.17) is 9.47 Å². The van der Waals surface area contributed by atoms with Gasteiger partial charge in [0, 0.05) is 0 Å². The summed E-state index contributed by atoms with van der Waals surface area (Å²) in [6, 6.07) is 3.06. The first-order valence-electron chi connectivity index (χ1n) is 9.31. The molecule has 0 aromatic heterocycles. The number of hydrogen-bond acceptors (Lipinski definition) is 5. The highest BCUT2D eigenvalue weighted by atomic mass is 79.9. The van der Waals surface area contributed by atoms with E-state index < -0.39 is 6.75 Å². The highest BCUT2D eigenvalue weighted by molar-refractivity contribution is 9.10. The minimum atomic E-state index is -3.66. The first kappa shape index (κ1) is 22.3. The Balaban J connectivity index is 2.75. The molecule has 0 bridgehead atoms. The molecule has 0 spiro atoms. The third-order valence-electron chi connectivity index (χ3n) is 3.99. The van der Waals surface area contributed by atoms with Crippen molar-refractivity contribution in [2.75, 3.05) is 13.2 Å². The lowest BCUT2D eigenvalue weighted by atomic mass is 9.70. The quantitative estimate of drug-likeness (QED) is 0.338. The summed E-state index contributed by atoms with van der Waals surface area (Å²) in [5, 5.41) is 29.1. The van der Waals surface area contributed by atoms with Gasteiger partial charge in [0.05, 0.1) is 23.4 Å². The van der Waals surface area contributed by atoms with E-state index in [1.807, 2.05) is 0 Å². The molecule has 0 aliphatic rings. The van der Waals surface area contributed by atoms with Crippen LogP contribution in [0.1, 0.15) is 65.2 Å². The average molecular weight is 418 g/mol. The number of benzene rings is 1. The third kappa shape index (κ3) is 8.45. The van der Waals surface area contributed by atoms with Gasteiger partial charge in [0.2, 0.25) is 0 Å². The minimum absolute atomic E-state index is 0.0535. The summed E-state index contributed by atoms with van der Waals surface area (Å²) in [6.07, 6.45) is 8.55. The molecule has 0 aliphatic heterocycles. The van der Waals surface area contributed by atoms with Gasteiger partial charge in [0.25, 0.3) is 0 Å². The van der Waals surface area contributed by atoms with Crippen LogP contribution in [0, 0.1) is 0 Å². The standard InChI is InChI=1S/C18H31BBrO5/c1-3-5-7-9-11-24-17-14-16(20)18(13-15(17)19(21,22)23)25-12-10-8-6-4-2/h13-14,21-23H,3-12H2,1-2H3/q-1. The fourth-order valence-electron chi connectivity index (χ4n) is 2.51. The van der Waals surface area contributed by atoms with Crippen LogP contribution >= 0.6 is 15.9 Å². The van der Waals surface area contributed by atoms with Gasteiger partial charge >= 0.3 is 6.75 Å². The number of halogens is 1. The molecule has 0 saturated carbocycles. The van der Waals surface area contributed by atoms with Crippen molar-refractivity contribution in [2.24, 2.45) is 0 Å². The van der Waals surface area contributed by atoms with Crippen LogP contribution in [0.3, 0.4) is 0 Å². The number of rotatable bonds is 13. The van der Waals surface area contributed by atoms with Crippen LogP contribution < -0.4 is 14.9 Å². The zero-order valence-corrected chi connectivity index (χ0v) is 16.9. The molecule has 7 heteroatoms. The average Bonchev–Trinajstić information content (AvgIpc) is 2.55. The van der Waals surface area contributed by atoms with E-state index in [-0.39, 0.29) is 11.2 Å². The van der Waals surface area contributed by atoms with E-state index >= 15 is 0 Å². The van der Waals surface area contributed by atoms with Crippen LogP contribution in [0.5, 0.6) is 11.5 Å². The van der Waals surface area contributed by atoms with Crippen LogP contribution in [-0.4, -0.2) is 35.0 Å². The Bertz CT molecular complexity index is 505. The van der Waals surface area contributed by atoms with Crippen molar-refractivity contribution < 1.29 is 24.5 Å². The largest absolute Gasteiger partial charge is 0.556 e. The maximum atomic E-state index is 9.69. The first-order chi connectivity index (χ1) is 11.9. The van der Waals surface area contributed by atoms with Gasteiger partial charge < -0.3 is 24.5 Å². The molecule has 144 valence electrons. The minimum Gasteiger partial charge on any atom is -0.556 e. The van der Waals surface area contributed by atoms with E-state index in [2.05, 4.69) is 29.8 Å². The molecule has 1 aromatic rings. The van der Waals surface area contributed by atoms with Gasteiger partial charge in [-0.15, -0.1) is 0 Å². The van der Waals surface area contributed by atoms with Crippen LogP contribution in [0.25, 0.3) is 0 Å². The summed E-state index contributed by atoms with van der Waals surface area (Å²) >= 11 is 3.42. The van der Waals surface area contributed by atoms with Crippen molar-refractivity contribution >= 4 is 28.1 Å². The molecular weight excluding hydrogens is 387 g/mol. The van der Waals surface area contributed by atoms with E-state index in [0.29, 0.717) is 23.4 Å². The summed E-state index contributed by atoms with van der Waals surface area (Å²) in [4.78, 5) is 0. The molecule has 1 rings (SSSR count). The van der Waals surface area contributed by atoms with Crippen molar-refractivity contribution in [3.8, 4) is 11.5 Å². The second-order valence-electron chi connectivity index (χ2n) is 6.37. The van der Waals surface area contributed by atoms with Gasteiger partial charge in [-0.3, -0.25) is 0 Å². The van der Waals surface area contributed by atoms with Crippen LogP contribution in [0.4, 0.5) is 0 Å². The summed E-state index contributed by atoms with van der Waals surface area (Å²) in [5.74, 6) is 0.724. The summed E-state index contributed by atoms with van der Waals surface area (Å²) < 4.78 is 12.0. The Morgan fingerprint density at radius 1 is 0.800 bits per heavy atom. The highest BCUT2D eigenvalue weighted by Gasteiger charge is 2.25. The first-order valence-corrected chi connectivity index (χ1v) is 10.1. The second kappa shape index (κ2) is 11.8. The Morgan fingerprint density at radius 3 is 1.80 bits per heavy atom. The van der Waals surface area contributed by atoms with E-state index in [9.17, 15) is 15.1 Å². The Morgan fingerprint density at radius 2 is 1.32 bits per heavy atom. The molecule has 0 aliphatic carbocycles.